The Morgan fingerprint density at radius 2 is 2.11 bits per heavy atom. The molecule has 7 nitrogen and oxygen atoms in total. The Hall–Kier alpha value is -2.93. The van der Waals surface area contributed by atoms with Crippen LogP contribution in [0.25, 0.3) is 10.9 Å². The Labute approximate surface area is 158 Å². The number of fused-ring (bicyclic) bond motifs is 1. The normalized spacial score (nSPS) is 15.7. The number of hydrogen-bond acceptors (Lipinski definition) is 5. The largest absolute Gasteiger partial charge is 0.355 e. The number of nitrogens with one attached hydrogen (secondary N) is 3. The molecule has 1 fully saturated rings. The Bertz CT molecular complexity index is 929. The van der Waals surface area contributed by atoms with Crippen LogP contribution in [0, 0.1) is 5.92 Å². The van der Waals surface area contributed by atoms with Gasteiger partial charge in [-0.25, -0.2) is 9.97 Å². The van der Waals surface area contributed by atoms with E-state index in [2.05, 4.69) is 37.5 Å². The summed E-state index contributed by atoms with van der Waals surface area (Å²) in [6.45, 7) is 2.92. The van der Waals surface area contributed by atoms with Crippen molar-refractivity contribution in [2.45, 2.75) is 12.8 Å². The number of amides is 1. The molecule has 0 spiro atoms. The van der Waals surface area contributed by atoms with Gasteiger partial charge in [0.05, 0.1) is 11.2 Å². The summed E-state index contributed by atoms with van der Waals surface area (Å²) in [4.78, 5) is 26.5. The molecule has 7 heteroatoms. The van der Waals surface area contributed by atoms with Gasteiger partial charge in [-0.2, -0.15) is 0 Å². The molecular weight excluding hydrogens is 340 g/mol. The molecule has 0 unspecified atom stereocenters. The fraction of sp³-hybridized carbons (Fsp3) is 0.350. The quantitative estimate of drug-likeness (QED) is 0.648. The van der Waals surface area contributed by atoms with E-state index in [0.29, 0.717) is 17.6 Å². The average Bonchev–Trinajstić information content (AvgIpc) is 3.16. The number of hydrogen-bond donors (Lipinski definition) is 3. The molecule has 1 saturated heterocycles. The number of para-hydroxylation sites is 1. The maximum absolute atomic E-state index is 12.4. The molecule has 1 amide bonds. The molecule has 0 atom stereocenters. The minimum Gasteiger partial charge on any atom is -0.355 e. The summed E-state index contributed by atoms with van der Waals surface area (Å²) < 4.78 is 0. The van der Waals surface area contributed by atoms with Crippen molar-refractivity contribution in [3.05, 3.63) is 48.4 Å². The van der Waals surface area contributed by atoms with Crippen LogP contribution in [0.2, 0.25) is 0 Å². The molecule has 0 saturated carbocycles. The third-order valence-electron chi connectivity index (χ3n) is 5.06. The van der Waals surface area contributed by atoms with Gasteiger partial charge in [0.15, 0.2) is 0 Å². The van der Waals surface area contributed by atoms with Crippen LogP contribution in [0.4, 0.5) is 11.6 Å². The van der Waals surface area contributed by atoms with Crippen molar-refractivity contribution in [1.82, 2.24) is 25.2 Å². The number of carbonyl (C=O) groups is 1. The molecule has 0 radical (unpaired) electrons. The number of aromatic amines is 1. The highest BCUT2D eigenvalue weighted by Crippen LogP contribution is 2.18. The van der Waals surface area contributed by atoms with Crippen LogP contribution >= 0.6 is 0 Å². The highest BCUT2D eigenvalue weighted by molar-refractivity contribution is 5.93. The molecule has 0 aliphatic carbocycles. The van der Waals surface area contributed by atoms with Crippen LogP contribution in [0.5, 0.6) is 0 Å². The maximum Gasteiger partial charge on any atom is 0.267 e. The fourth-order valence-corrected chi connectivity index (χ4v) is 3.36. The van der Waals surface area contributed by atoms with E-state index < -0.39 is 0 Å². The molecule has 3 aromatic rings. The van der Waals surface area contributed by atoms with Gasteiger partial charge in [0, 0.05) is 24.3 Å². The first-order valence-corrected chi connectivity index (χ1v) is 9.31. The first-order chi connectivity index (χ1) is 13.2. The first-order valence-electron chi connectivity index (χ1n) is 9.31. The topological polar surface area (TPSA) is 85.9 Å². The van der Waals surface area contributed by atoms with Crippen LogP contribution in [0.1, 0.15) is 23.3 Å². The fourth-order valence-electron chi connectivity index (χ4n) is 3.36. The molecule has 0 bridgehead atoms. The van der Waals surface area contributed by atoms with Crippen molar-refractivity contribution >= 4 is 28.4 Å². The van der Waals surface area contributed by atoms with E-state index in [1.165, 1.54) is 0 Å². The Kier molecular flexibility index (Phi) is 5.02. The lowest BCUT2D eigenvalue weighted by molar-refractivity contribution is 0.0934. The summed E-state index contributed by atoms with van der Waals surface area (Å²) in [5.41, 5.74) is 2.17. The molecule has 2 aromatic heterocycles. The number of rotatable bonds is 5. The monoisotopic (exact) mass is 364 g/mol. The zero-order valence-electron chi connectivity index (χ0n) is 15.4. The van der Waals surface area contributed by atoms with Crippen LogP contribution in [0.3, 0.4) is 0 Å². The van der Waals surface area contributed by atoms with E-state index in [9.17, 15) is 4.79 Å². The molecule has 140 valence electrons. The number of nitrogens with zero attached hydrogens (tertiary/aromatic N) is 3. The zero-order valence-corrected chi connectivity index (χ0v) is 15.4. The molecule has 3 heterocycles. The van der Waals surface area contributed by atoms with Gasteiger partial charge in [-0.05, 0) is 51.0 Å². The second kappa shape index (κ2) is 7.75. The van der Waals surface area contributed by atoms with Crippen LogP contribution in [-0.4, -0.2) is 52.4 Å². The number of piperidine rings is 1. The van der Waals surface area contributed by atoms with E-state index in [-0.39, 0.29) is 5.91 Å². The standard InChI is InChI=1S/C20H24N6O/c1-26-8-6-14(7-9-26)11-22-19(27)18-10-16(13-21-18)24-20-23-12-15-4-2-3-5-17(15)25-20/h2-5,10,12-14,21H,6-9,11H2,1H3,(H,22,27)(H,23,24,25). The SMILES string of the molecule is CN1CCC(CNC(=O)c2cc(Nc3ncc4ccccc4n3)c[nH]2)CC1. The lowest BCUT2D eigenvalue weighted by Crippen LogP contribution is -2.36. The van der Waals surface area contributed by atoms with Crippen molar-refractivity contribution in [2.75, 3.05) is 32.0 Å². The van der Waals surface area contributed by atoms with Gasteiger partial charge in [0.1, 0.15) is 5.69 Å². The minimum absolute atomic E-state index is 0.0820. The van der Waals surface area contributed by atoms with Gasteiger partial charge >= 0.3 is 0 Å². The molecule has 1 aromatic carbocycles. The lowest BCUT2D eigenvalue weighted by Gasteiger charge is -2.28. The van der Waals surface area contributed by atoms with E-state index >= 15 is 0 Å². The number of likely N-dealkylation sites (tertiary alicyclic amines) is 1. The summed E-state index contributed by atoms with van der Waals surface area (Å²) in [7, 11) is 2.14. The summed E-state index contributed by atoms with van der Waals surface area (Å²) >= 11 is 0. The summed E-state index contributed by atoms with van der Waals surface area (Å²) in [5.74, 6) is 0.982. The smallest absolute Gasteiger partial charge is 0.267 e. The molecule has 1 aliphatic heterocycles. The van der Waals surface area contributed by atoms with E-state index in [1.54, 1.807) is 18.5 Å². The summed E-state index contributed by atoms with van der Waals surface area (Å²) in [6, 6.07) is 9.61. The Morgan fingerprint density at radius 1 is 1.30 bits per heavy atom. The first kappa shape index (κ1) is 17.5. The summed E-state index contributed by atoms with van der Waals surface area (Å²) in [5, 5.41) is 7.17. The van der Waals surface area contributed by atoms with E-state index in [4.69, 9.17) is 0 Å². The maximum atomic E-state index is 12.4. The minimum atomic E-state index is -0.0820. The van der Waals surface area contributed by atoms with Crippen molar-refractivity contribution in [1.29, 1.82) is 0 Å². The second-order valence-electron chi connectivity index (χ2n) is 7.14. The van der Waals surface area contributed by atoms with Gasteiger partial charge in [0.2, 0.25) is 5.95 Å². The molecule has 27 heavy (non-hydrogen) atoms. The van der Waals surface area contributed by atoms with Crippen molar-refractivity contribution in [2.24, 2.45) is 5.92 Å². The van der Waals surface area contributed by atoms with Crippen LogP contribution in [-0.2, 0) is 0 Å². The van der Waals surface area contributed by atoms with Gasteiger partial charge in [-0.15, -0.1) is 0 Å². The number of anilines is 2. The van der Waals surface area contributed by atoms with Gasteiger partial charge in [-0.1, -0.05) is 18.2 Å². The number of aromatic nitrogens is 3. The van der Waals surface area contributed by atoms with Crippen LogP contribution < -0.4 is 10.6 Å². The number of benzene rings is 1. The van der Waals surface area contributed by atoms with Gasteiger partial charge < -0.3 is 20.5 Å². The molecular formula is C20H24N6O. The number of H-pyrrole nitrogens is 1. The molecule has 4 rings (SSSR count). The predicted molar refractivity (Wildman–Crippen MR) is 106 cm³/mol. The lowest BCUT2D eigenvalue weighted by atomic mass is 9.97. The third-order valence-corrected chi connectivity index (χ3v) is 5.06. The van der Waals surface area contributed by atoms with Crippen LogP contribution in [0.15, 0.2) is 42.7 Å². The van der Waals surface area contributed by atoms with Gasteiger partial charge in [-0.3, -0.25) is 4.79 Å². The highest BCUT2D eigenvalue weighted by Gasteiger charge is 2.18. The molecule has 3 N–H and O–H groups in total. The van der Waals surface area contributed by atoms with Crippen molar-refractivity contribution in [3.63, 3.8) is 0 Å². The van der Waals surface area contributed by atoms with Crippen molar-refractivity contribution in [3.8, 4) is 0 Å². The zero-order chi connectivity index (χ0) is 18.6. The predicted octanol–water partition coefficient (Wildman–Crippen LogP) is 2.77. The Balaban J connectivity index is 1.35. The van der Waals surface area contributed by atoms with E-state index in [1.807, 2.05) is 24.3 Å². The Morgan fingerprint density at radius 3 is 2.96 bits per heavy atom. The van der Waals surface area contributed by atoms with Gasteiger partial charge in [0.25, 0.3) is 5.91 Å². The van der Waals surface area contributed by atoms with Crippen molar-refractivity contribution < 1.29 is 4.79 Å². The summed E-state index contributed by atoms with van der Waals surface area (Å²) in [6.07, 6.45) is 5.80. The highest BCUT2D eigenvalue weighted by atomic mass is 16.1. The second-order valence-corrected chi connectivity index (χ2v) is 7.14. The average molecular weight is 364 g/mol. The van der Waals surface area contributed by atoms with E-state index in [0.717, 1.165) is 49.1 Å². The molecule has 1 aliphatic rings. The number of carbonyl (C=O) groups excluding carboxylic acids is 1. The third kappa shape index (κ3) is 4.25.